The third-order valence-electron chi connectivity index (χ3n) is 8.11. The molecule has 0 saturated heterocycles. The number of aliphatic hydroxyl groups is 1. The zero-order valence-corrected chi connectivity index (χ0v) is 23.9. The van der Waals surface area contributed by atoms with Gasteiger partial charge in [-0.25, -0.2) is 12.8 Å². The molecule has 2 aliphatic heterocycles. The predicted molar refractivity (Wildman–Crippen MR) is 146 cm³/mol. The van der Waals surface area contributed by atoms with Gasteiger partial charge in [0, 0.05) is 24.8 Å². The molecule has 2 aromatic rings. The first-order valence-electron chi connectivity index (χ1n) is 12.4. The lowest BCUT2D eigenvalue weighted by Crippen LogP contribution is -2.53. The van der Waals surface area contributed by atoms with Gasteiger partial charge >= 0.3 is 0 Å². The minimum atomic E-state index is -4.30. The summed E-state index contributed by atoms with van der Waals surface area (Å²) in [4.78, 5) is 15.5. The van der Waals surface area contributed by atoms with Crippen molar-refractivity contribution in [3.8, 4) is 0 Å². The van der Waals surface area contributed by atoms with E-state index in [-0.39, 0.29) is 74.6 Å². The molecule has 2 N–H and O–H groups in total. The van der Waals surface area contributed by atoms with E-state index in [1.54, 1.807) is 16.3 Å². The third-order valence-corrected chi connectivity index (χ3v) is 11.8. The number of carbonyl (C=O) groups excluding carboxylic acids is 1. The van der Waals surface area contributed by atoms with E-state index in [9.17, 15) is 31.1 Å². The molecule has 2 fully saturated rings. The number of fused-ring (bicyclic) bond motifs is 6. The Morgan fingerprint density at radius 2 is 2.03 bits per heavy atom. The Balaban J connectivity index is 1.39. The highest BCUT2D eigenvalue weighted by Crippen LogP contribution is 2.55. The molecule has 0 spiro atoms. The highest BCUT2D eigenvalue weighted by molar-refractivity contribution is 7.91. The number of sulfonamides is 1. The number of halogens is 2. The van der Waals surface area contributed by atoms with Crippen LogP contribution in [-0.2, 0) is 37.6 Å². The molecule has 14 heteroatoms. The van der Waals surface area contributed by atoms with Gasteiger partial charge in [0.05, 0.1) is 10.8 Å². The van der Waals surface area contributed by atoms with Gasteiger partial charge in [0.15, 0.2) is 5.84 Å². The van der Waals surface area contributed by atoms with Crippen LogP contribution in [0.3, 0.4) is 0 Å². The summed E-state index contributed by atoms with van der Waals surface area (Å²) in [5.41, 5.74) is 0.739. The van der Waals surface area contributed by atoms with Crippen molar-refractivity contribution in [3.05, 3.63) is 56.9 Å². The van der Waals surface area contributed by atoms with Gasteiger partial charge < -0.3 is 15.3 Å². The number of hydrogen-bond acceptors (Lipinski definition) is 8. The van der Waals surface area contributed by atoms with E-state index in [4.69, 9.17) is 11.6 Å². The standard InChI is InChI=1S/C25H25ClFN3O6S3/c1-38(33,34)7-6-15-11-37-24-22(15)39(35,36)29-23(28-24)19-21(31)18-13-3-4-14(9-13)20(18)30(25(19)32)10-12-2-5-17(27)16(26)8-12/h2,5,8,11,13-14,18,20,31H,3-4,6-7,9-10H2,1H3,(H,28,29)/t13-,14+,18?,20?/m0/s1. The first-order chi connectivity index (χ1) is 18.3. The Bertz CT molecular complexity index is 1680. The van der Waals surface area contributed by atoms with Gasteiger partial charge in [-0.1, -0.05) is 17.7 Å². The summed E-state index contributed by atoms with van der Waals surface area (Å²) in [7, 11) is -7.62. The van der Waals surface area contributed by atoms with Gasteiger partial charge in [0.2, 0.25) is 0 Å². The second kappa shape index (κ2) is 9.28. The van der Waals surface area contributed by atoms with Gasteiger partial charge in [-0.2, -0.15) is 8.42 Å². The van der Waals surface area contributed by atoms with E-state index in [0.29, 0.717) is 11.1 Å². The number of rotatable bonds is 6. The number of nitrogens with one attached hydrogen (secondary N) is 1. The summed E-state index contributed by atoms with van der Waals surface area (Å²) in [5, 5.41) is 16.1. The minimum Gasteiger partial charge on any atom is -0.511 e. The largest absolute Gasteiger partial charge is 0.511 e. The maximum atomic E-state index is 14.0. The fraction of sp³-hybridized carbons (Fsp3) is 0.440. The number of amidine groups is 1. The van der Waals surface area contributed by atoms with Gasteiger partial charge in [-0.15, -0.1) is 15.7 Å². The number of amides is 1. The first-order valence-corrected chi connectivity index (χ1v) is 17.2. The number of nitrogens with zero attached hydrogens (tertiary/aromatic N) is 2. The van der Waals surface area contributed by atoms with Crippen molar-refractivity contribution in [3.63, 3.8) is 0 Å². The average Bonchev–Trinajstić information content (AvgIpc) is 3.57. The number of carbonyl (C=O) groups is 1. The lowest BCUT2D eigenvalue weighted by atomic mass is 9.77. The normalized spacial score (nSPS) is 27.3. The number of hydrogen-bond donors (Lipinski definition) is 2. The maximum Gasteiger partial charge on any atom is 0.287 e. The molecule has 4 atom stereocenters. The van der Waals surface area contributed by atoms with Crippen LogP contribution in [0.25, 0.3) is 0 Å². The Kier molecular flexibility index (Phi) is 6.36. The molecule has 1 aromatic heterocycles. The van der Waals surface area contributed by atoms with Crippen molar-refractivity contribution in [1.29, 1.82) is 0 Å². The van der Waals surface area contributed by atoms with Crippen LogP contribution in [0.5, 0.6) is 0 Å². The summed E-state index contributed by atoms with van der Waals surface area (Å²) in [6, 6.07) is 3.97. The SMILES string of the molecule is CS(=O)(=O)CCc1csc2c1S(=O)(=O)N=C(C1=C(O)C3C([C@@H]4CC[C@H]3C4)N(Cc3ccc(F)c(Cl)c3)C1=O)N2. The average molecular weight is 614 g/mol. The predicted octanol–water partition coefficient (Wildman–Crippen LogP) is 3.91. The van der Waals surface area contributed by atoms with Crippen LogP contribution >= 0.6 is 22.9 Å². The summed E-state index contributed by atoms with van der Waals surface area (Å²) in [5.74, 6) is -1.82. The fourth-order valence-corrected chi connectivity index (χ4v) is 9.97. The second-order valence-corrected chi connectivity index (χ2v) is 15.7. The number of anilines is 1. The molecule has 4 aliphatic rings. The molecule has 2 bridgehead atoms. The zero-order chi connectivity index (χ0) is 27.9. The molecular weight excluding hydrogens is 589 g/mol. The van der Waals surface area contributed by atoms with Crippen molar-refractivity contribution in [2.45, 2.75) is 43.2 Å². The lowest BCUT2D eigenvalue weighted by Gasteiger charge is -2.44. The van der Waals surface area contributed by atoms with Crippen LogP contribution in [0.15, 0.2) is 44.2 Å². The Morgan fingerprint density at radius 1 is 1.28 bits per heavy atom. The molecular formula is C25H25ClFN3O6S3. The summed E-state index contributed by atoms with van der Waals surface area (Å²) < 4.78 is 67.5. The molecule has 3 heterocycles. The van der Waals surface area contributed by atoms with Crippen LogP contribution < -0.4 is 5.32 Å². The van der Waals surface area contributed by atoms with Crippen molar-refractivity contribution in [2.24, 2.45) is 22.2 Å². The Labute approximate surface area is 234 Å². The van der Waals surface area contributed by atoms with Crippen LogP contribution in [-0.4, -0.2) is 56.6 Å². The molecule has 39 heavy (non-hydrogen) atoms. The van der Waals surface area contributed by atoms with Gasteiger partial charge in [0.1, 0.15) is 36.9 Å². The van der Waals surface area contributed by atoms with Gasteiger partial charge in [0.25, 0.3) is 15.9 Å². The molecule has 2 saturated carbocycles. The monoisotopic (exact) mass is 613 g/mol. The topological polar surface area (TPSA) is 133 Å². The van der Waals surface area contributed by atoms with Crippen molar-refractivity contribution in [1.82, 2.24) is 4.90 Å². The molecule has 2 aliphatic carbocycles. The summed E-state index contributed by atoms with van der Waals surface area (Å²) in [6.45, 7) is 0.111. The quantitative estimate of drug-likeness (QED) is 0.505. The second-order valence-electron chi connectivity index (χ2n) is 10.6. The summed E-state index contributed by atoms with van der Waals surface area (Å²) >= 11 is 7.06. The number of aryl methyl sites for hydroxylation is 1. The molecule has 1 amide bonds. The summed E-state index contributed by atoms with van der Waals surface area (Å²) in [6.07, 6.45) is 3.74. The molecule has 6 rings (SSSR count). The van der Waals surface area contributed by atoms with E-state index < -0.39 is 31.6 Å². The Hall–Kier alpha value is -2.48. The van der Waals surface area contributed by atoms with E-state index in [0.717, 1.165) is 36.9 Å². The third kappa shape index (κ3) is 4.56. The minimum absolute atomic E-state index is 0.00410. The van der Waals surface area contributed by atoms with Crippen LogP contribution in [0.2, 0.25) is 5.02 Å². The number of sulfone groups is 1. The van der Waals surface area contributed by atoms with Crippen LogP contribution in [0.1, 0.15) is 30.4 Å². The number of aliphatic hydroxyl groups excluding tert-OH is 1. The lowest BCUT2D eigenvalue weighted by molar-refractivity contribution is -0.134. The zero-order valence-electron chi connectivity index (χ0n) is 20.7. The molecule has 0 radical (unpaired) electrons. The van der Waals surface area contributed by atoms with Crippen molar-refractivity contribution >= 4 is 59.5 Å². The van der Waals surface area contributed by atoms with E-state index in [2.05, 4.69) is 9.71 Å². The molecule has 208 valence electrons. The smallest absolute Gasteiger partial charge is 0.287 e. The van der Waals surface area contributed by atoms with Crippen molar-refractivity contribution < 1.29 is 31.1 Å². The fourth-order valence-electron chi connectivity index (χ4n) is 6.51. The van der Waals surface area contributed by atoms with Crippen LogP contribution in [0.4, 0.5) is 9.39 Å². The van der Waals surface area contributed by atoms with E-state index >= 15 is 0 Å². The number of benzene rings is 1. The highest BCUT2D eigenvalue weighted by Gasteiger charge is 2.57. The number of thiophene rings is 1. The Morgan fingerprint density at radius 3 is 2.74 bits per heavy atom. The van der Waals surface area contributed by atoms with Crippen LogP contribution in [0, 0.1) is 23.6 Å². The molecule has 9 nitrogen and oxygen atoms in total. The van der Waals surface area contributed by atoms with E-state index in [1.165, 1.54) is 12.1 Å². The molecule has 1 aromatic carbocycles. The first kappa shape index (κ1) is 26.7. The maximum absolute atomic E-state index is 14.0. The van der Waals surface area contributed by atoms with Gasteiger partial charge in [-0.3, -0.25) is 4.79 Å². The van der Waals surface area contributed by atoms with Gasteiger partial charge in [-0.05, 0) is 66.2 Å². The van der Waals surface area contributed by atoms with Crippen molar-refractivity contribution in [2.75, 3.05) is 17.3 Å². The van der Waals surface area contributed by atoms with E-state index in [1.807, 2.05) is 0 Å². The molecule has 2 unspecified atom stereocenters. The highest BCUT2D eigenvalue weighted by atomic mass is 35.5.